The minimum absolute atomic E-state index is 0.153. The number of rotatable bonds is 3. The van der Waals surface area contributed by atoms with Crippen LogP contribution in [0.25, 0.3) is 0 Å². The van der Waals surface area contributed by atoms with E-state index < -0.39 is 11.8 Å². The molecule has 0 radical (unpaired) electrons. The maximum absolute atomic E-state index is 11.7. The summed E-state index contributed by atoms with van der Waals surface area (Å²) in [6, 6.07) is 12.7. The second-order valence-corrected chi connectivity index (χ2v) is 3.96. The first kappa shape index (κ1) is 12.3. The molecule has 0 amide bonds. The van der Waals surface area contributed by atoms with Gasteiger partial charge in [0, 0.05) is 0 Å². The molecule has 0 aliphatic rings. The predicted octanol–water partition coefficient (Wildman–Crippen LogP) is 2.32. The second kappa shape index (κ2) is 5.95. The SMILES string of the molecule is CSC(=O)C(c1ccccc1)C(C#N)C#N. The van der Waals surface area contributed by atoms with Gasteiger partial charge in [0.05, 0.1) is 18.1 Å². The van der Waals surface area contributed by atoms with Crippen LogP contribution in [0.3, 0.4) is 0 Å². The van der Waals surface area contributed by atoms with Crippen LogP contribution in [0.1, 0.15) is 11.5 Å². The maximum Gasteiger partial charge on any atom is 0.198 e. The fourth-order valence-electron chi connectivity index (χ4n) is 1.43. The Kier molecular flexibility index (Phi) is 4.57. The minimum atomic E-state index is -0.928. The summed E-state index contributed by atoms with van der Waals surface area (Å²) in [4.78, 5) is 11.7. The van der Waals surface area contributed by atoms with Gasteiger partial charge in [-0.25, -0.2) is 0 Å². The van der Waals surface area contributed by atoms with Crippen LogP contribution in [0.5, 0.6) is 0 Å². The van der Waals surface area contributed by atoms with Crippen molar-refractivity contribution in [3.8, 4) is 12.1 Å². The third-order valence-electron chi connectivity index (χ3n) is 2.23. The first-order valence-corrected chi connectivity index (χ1v) is 5.89. The molecule has 0 saturated carbocycles. The van der Waals surface area contributed by atoms with Crippen molar-refractivity contribution >= 4 is 16.9 Å². The van der Waals surface area contributed by atoms with E-state index >= 15 is 0 Å². The molecule has 0 aliphatic carbocycles. The van der Waals surface area contributed by atoms with E-state index in [-0.39, 0.29) is 5.12 Å². The average molecular weight is 230 g/mol. The van der Waals surface area contributed by atoms with E-state index in [1.807, 2.05) is 18.2 Å². The summed E-state index contributed by atoms with van der Waals surface area (Å²) in [7, 11) is 0. The van der Waals surface area contributed by atoms with Crippen molar-refractivity contribution in [2.45, 2.75) is 5.92 Å². The number of thioether (sulfide) groups is 1. The Morgan fingerprint density at radius 3 is 2.25 bits per heavy atom. The molecular weight excluding hydrogens is 220 g/mol. The van der Waals surface area contributed by atoms with E-state index in [0.717, 1.165) is 17.3 Å². The lowest BCUT2D eigenvalue weighted by Crippen LogP contribution is -2.17. The summed E-state index contributed by atoms with van der Waals surface area (Å²) in [5, 5.41) is 17.6. The van der Waals surface area contributed by atoms with E-state index in [9.17, 15) is 4.79 Å². The first-order valence-electron chi connectivity index (χ1n) is 4.66. The van der Waals surface area contributed by atoms with Gasteiger partial charge in [0.1, 0.15) is 5.92 Å². The summed E-state index contributed by atoms with van der Waals surface area (Å²) in [5.74, 6) is -1.59. The fraction of sp³-hybridized carbons (Fsp3) is 0.250. The van der Waals surface area contributed by atoms with Gasteiger partial charge in [-0.15, -0.1) is 0 Å². The van der Waals surface area contributed by atoms with Crippen LogP contribution in [-0.2, 0) is 4.79 Å². The molecule has 1 unspecified atom stereocenters. The van der Waals surface area contributed by atoms with Crippen molar-refractivity contribution in [3.63, 3.8) is 0 Å². The second-order valence-electron chi connectivity index (χ2n) is 3.15. The monoisotopic (exact) mass is 230 g/mol. The number of nitrogens with zero attached hydrogens (tertiary/aromatic N) is 2. The summed E-state index contributed by atoms with van der Waals surface area (Å²) >= 11 is 1.05. The van der Waals surface area contributed by atoms with Gasteiger partial charge in [-0.3, -0.25) is 4.79 Å². The number of hydrogen-bond donors (Lipinski definition) is 0. The number of carbonyl (C=O) groups is 1. The van der Waals surface area contributed by atoms with E-state index in [1.165, 1.54) is 0 Å². The molecule has 1 atom stereocenters. The number of nitriles is 2. The molecule has 0 N–H and O–H groups in total. The first-order chi connectivity index (χ1) is 7.74. The lowest BCUT2D eigenvalue weighted by atomic mass is 9.89. The molecule has 1 aromatic rings. The Hall–Kier alpha value is -1.78. The molecule has 3 nitrogen and oxygen atoms in total. The fourth-order valence-corrected chi connectivity index (χ4v) is 1.96. The molecule has 80 valence electrons. The van der Waals surface area contributed by atoms with E-state index in [1.54, 1.807) is 30.5 Å². The van der Waals surface area contributed by atoms with Gasteiger partial charge in [0.2, 0.25) is 0 Å². The van der Waals surface area contributed by atoms with Crippen LogP contribution >= 0.6 is 11.8 Å². The number of carbonyl (C=O) groups excluding carboxylic acids is 1. The zero-order chi connectivity index (χ0) is 12.0. The molecule has 0 fully saturated rings. The Morgan fingerprint density at radius 2 is 1.81 bits per heavy atom. The Balaban J connectivity index is 3.13. The zero-order valence-corrected chi connectivity index (χ0v) is 9.57. The smallest absolute Gasteiger partial charge is 0.198 e. The number of benzene rings is 1. The Labute approximate surface area is 98.7 Å². The minimum Gasteiger partial charge on any atom is -0.286 e. The Morgan fingerprint density at radius 1 is 1.25 bits per heavy atom. The molecule has 4 heteroatoms. The van der Waals surface area contributed by atoms with Crippen LogP contribution in [-0.4, -0.2) is 11.4 Å². The van der Waals surface area contributed by atoms with Crippen LogP contribution in [0, 0.1) is 28.6 Å². The molecule has 0 aliphatic heterocycles. The van der Waals surface area contributed by atoms with Crippen LogP contribution in [0.2, 0.25) is 0 Å². The molecule has 0 saturated heterocycles. The molecule has 0 heterocycles. The quantitative estimate of drug-likeness (QED) is 0.799. The number of hydrogen-bond acceptors (Lipinski definition) is 4. The van der Waals surface area contributed by atoms with Crippen molar-refractivity contribution in [1.82, 2.24) is 0 Å². The molecule has 1 aromatic carbocycles. The summed E-state index contributed by atoms with van der Waals surface area (Å²) in [6.45, 7) is 0. The average Bonchev–Trinajstić information content (AvgIpc) is 2.36. The molecule has 16 heavy (non-hydrogen) atoms. The summed E-state index contributed by atoms with van der Waals surface area (Å²) in [6.07, 6.45) is 1.66. The zero-order valence-electron chi connectivity index (χ0n) is 8.75. The maximum atomic E-state index is 11.7. The van der Waals surface area contributed by atoms with Crippen LogP contribution in [0.15, 0.2) is 30.3 Å². The van der Waals surface area contributed by atoms with Gasteiger partial charge in [0.25, 0.3) is 0 Å². The highest BCUT2D eigenvalue weighted by Crippen LogP contribution is 2.28. The predicted molar refractivity (Wildman–Crippen MR) is 62.4 cm³/mol. The van der Waals surface area contributed by atoms with Gasteiger partial charge in [0.15, 0.2) is 5.12 Å². The van der Waals surface area contributed by atoms with Crippen molar-refractivity contribution in [3.05, 3.63) is 35.9 Å². The molecular formula is C12H10N2OS. The normalized spacial score (nSPS) is 11.5. The van der Waals surface area contributed by atoms with Gasteiger partial charge < -0.3 is 0 Å². The summed E-state index contributed by atoms with van der Waals surface area (Å²) < 4.78 is 0. The molecule has 0 bridgehead atoms. The van der Waals surface area contributed by atoms with Crippen molar-refractivity contribution in [2.75, 3.05) is 6.26 Å². The topological polar surface area (TPSA) is 64.7 Å². The highest BCUT2D eigenvalue weighted by molar-refractivity contribution is 8.13. The third-order valence-corrected chi connectivity index (χ3v) is 2.88. The van der Waals surface area contributed by atoms with Crippen molar-refractivity contribution in [2.24, 2.45) is 5.92 Å². The molecule has 0 aromatic heterocycles. The molecule has 1 rings (SSSR count). The third kappa shape index (κ3) is 2.62. The van der Waals surface area contributed by atoms with Crippen molar-refractivity contribution < 1.29 is 4.79 Å². The van der Waals surface area contributed by atoms with Gasteiger partial charge in [-0.1, -0.05) is 42.1 Å². The highest BCUT2D eigenvalue weighted by Gasteiger charge is 2.29. The standard InChI is InChI=1S/C12H10N2OS/c1-16-12(15)11(10(7-13)8-14)9-5-3-2-4-6-9/h2-6,10-11H,1H3. The molecule has 0 spiro atoms. The van der Waals surface area contributed by atoms with Gasteiger partial charge >= 0.3 is 0 Å². The van der Waals surface area contributed by atoms with E-state index in [4.69, 9.17) is 10.5 Å². The lowest BCUT2D eigenvalue weighted by Gasteiger charge is -2.14. The van der Waals surface area contributed by atoms with Crippen LogP contribution < -0.4 is 0 Å². The largest absolute Gasteiger partial charge is 0.286 e. The van der Waals surface area contributed by atoms with Crippen LogP contribution in [0.4, 0.5) is 0 Å². The lowest BCUT2D eigenvalue weighted by molar-refractivity contribution is -0.112. The summed E-state index contributed by atoms with van der Waals surface area (Å²) in [5.41, 5.74) is 0.718. The van der Waals surface area contributed by atoms with Crippen molar-refractivity contribution in [1.29, 1.82) is 10.5 Å². The van der Waals surface area contributed by atoms with E-state index in [0.29, 0.717) is 0 Å². The highest BCUT2D eigenvalue weighted by atomic mass is 32.2. The Bertz CT molecular complexity index is 430. The van der Waals surface area contributed by atoms with E-state index in [2.05, 4.69) is 0 Å². The van der Waals surface area contributed by atoms with Gasteiger partial charge in [-0.05, 0) is 11.8 Å². The van der Waals surface area contributed by atoms with Gasteiger partial charge in [-0.2, -0.15) is 10.5 Å².